The summed E-state index contributed by atoms with van der Waals surface area (Å²) in [6, 6.07) is 51.5. The summed E-state index contributed by atoms with van der Waals surface area (Å²) >= 11 is 0. The van der Waals surface area contributed by atoms with Gasteiger partial charge in [0.15, 0.2) is 0 Å². The Hall–Kier alpha value is -6.12. The van der Waals surface area contributed by atoms with Crippen LogP contribution in [0, 0.1) is 0 Å². The van der Waals surface area contributed by atoms with Crippen LogP contribution in [0.25, 0.3) is 33.0 Å². The summed E-state index contributed by atoms with van der Waals surface area (Å²) in [5, 5.41) is 2.79. The minimum atomic E-state index is -0.197. The highest BCUT2D eigenvalue weighted by atomic mass is 15.2. The number of para-hydroxylation sites is 3. The van der Waals surface area contributed by atoms with Crippen molar-refractivity contribution in [1.82, 2.24) is 0 Å². The molecule has 282 valence electrons. The van der Waals surface area contributed by atoms with Crippen LogP contribution in [0.15, 0.2) is 157 Å². The van der Waals surface area contributed by atoms with E-state index in [9.17, 15) is 0 Å². The van der Waals surface area contributed by atoms with Gasteiger partial charge in [0.05, 0.1) is 0 Å². The third-order valence-electron chi connectivity index (χ3n) is 14.5. The number of allylic oxidation sites excluding steroid dienone is 4. The standard InChI is InChI=1S/C56H48N2/c1-55(2)45-19-13-18-43-53-42-31-29-40(58-51-22-11-7-16-37(51)26-27-38-17-8-12-23-52(38)58)33-47(42)56(3,4)48(53)34-44(54(43)45)41-30-28-39(32-46(41)55)57-49-20-9-5-14-35(49)24-25-36-15-6-10-21-50(36)57/h5-11,13-22,28-34H,12,23-27H2,1-4H3. The molecule has 0 fully saturated rings. The number of anilines is 5. The smallest absolute Gasteiger partial charge is 0.0493 e. The molecule has 12 rings (SSSR count). The van der Waals surface area contributed by atoms with Gasteiger partial charge in [-0.15, -0.1) is 0 Å². The van der Waals surface area contributed by atoms with Gasteiger partial charge in [-0.25, -0.2) is 0 Å². The molecule has 5 aliphatic rings. The van der Waals surface area contributed by atoms with Gasteiger partial charge in [0, 0.05) is 45.0 Å². The van der Waals surface area contributed by atoms with E-state index in [0.717, 1.165) is 38.5 Å². The van der Waals surface area contributed by atoms with Crippen molar-refractivity contribution in [3.63, 3.8) is 0 Å². The van der Waals surface area contributed by atoms with Crippen molar-refractivity contribution >= 4 is 39.2 Å². The first-order valence-electron chi connectivity index (χ1n) is 21.4. The normalized spacial score (nSPS) is 17.7. The van der Waals surface area contributed by atoms with Crippen LogP contribution in [0.4, 0.5) is 28.4 Å². The first kappa shape index (κ1) is 34.0. The maximum absolute atomic E-state index is 2.60. The highest BCUT2D eigenvalue weighted by Gasteiger charge is 2.42. The molecule has 0 atom stereocenters. The van der Waals surface area contributed by atoms with Gasteiger partial charge in [0.25, 0.3) is 0 Å². The lowest BCUT2D eigenvalue weighted by molar-refractivity contribution is 0.644. The van der Waals surface area contributed by atoms with E-state index < -0.39 is 0 Å². The highest BCUT2D eigenvalue weighted by molar-refractivity contribution is 6.13. The Morgan fingerprint density at radius 2 is 1.02 bits per heavy atom. The molecule has 2 nitrogen and oxygen atoms in total. The lowest BCUT2D eigenvalue weighted by Crippen LogP contribution is -2.25. The number of hydrogen-bond acceptors (Lipinski definition) is 2. The minimum absolute atomic E-state index is 0.178. The molecule has 0 saturated carbocycles. The quantitative estimate of drug-likeness (QED) is 0.174. The lowest BCUT2D eigenvalue weighted by atomic mass is 9.67. The predicted molar refractivity (Wildman–Crippen MR) is 243 cm³/mol. The topological polar surface area (TPSA) is 6.48 Å². The van der Waals surface area contributed by atoms with Crippen LogP contribution in [0.3, 0.4) is 0 Å². The van der Waals surface area contributed by atoms with E-state index in [1.165, 1.54) is 112 Å². The fourth-order valence-electron chi connectivity index (χ4n) is 11.5. The molecule has 0 aromatic heterocycles. The summed E-state index contributed by atoms with van der Waals surface area (Å²) in [5.74, 6) is 0. The highest BCUT2D eigenvalue weighted by Crippen LogP contribution is 2.59. The largest absolute Gasteiger partial charge is 0.314 e. The van der Waals surface area contributed by atoms with Crippen molar-refractivity contribution in [1.29, 1.82) is 0 Å². The molecule has 58 heavy (non-hydrogen) atoms. The number of fused-ring (bicyclic) bond motifs is 9. The summed E-state index contributed by atoms with van der Waals surface area (Å²) in [4.78, 5) is 5.13. The van der Waals surface area contributed by atoms with Crippen molar-refractivity contribution in [3.05, 3.63) is 196 Å². The molecular weight excluding hydrogens is 701 g/mol. The summed E-state index contributed by atoms with van der Waals surface area (Å²) in [6.45, 7) is 9.80. The van der Waals surface area contributed by atoms with Gasteiger partial charge in [-0.2, -0.15) is 0 Å². The Morgan fingerprint density at radius 3 is 1.71 bits per heavy atom. The molecule has 7 aromatic carbocycles. The van der Waals surface area contributed by atoms with Crippen LogP contribution in [0.1, 0.15) is 85.9 Å². The van der Waals surface area contributed by atoms with Crippen LogP contribution < -0.4 is 9.80 Å². The Bertz CT molecular complexity index is 2920. The van der Waals surface area contributed by atoms with Crippen LogP contribution in [-0.2, 0) is 30.1 Å². The SMILES string of the molecule is CC1(C)c2cc(N3C4=C(C=CCC4)CCc4ccccc43)ccc2-c2c1cc1c3c(cccc23)C(C)(C)c2cc(N3c4ccccc4CCc4ccccc43)ccc2-1. The zero-order chi connectivity index (χ0) is 38.9. The zero-order valence-corrected chi connectivity index (χ0v) is 34.0. The van der Waals surface area contributed by atoms with E-state index in [1.807, 2.05) is 0 Å². The second-order valence-corrected chi connectivity index (χ2v) is 18.3. The van der Waals surface area contributed by atoms with Crippen LogP contribution in [0.2, 0.25) is 0 Å². The van der Waals surface area contributed by atoms with Gasteiger partial charge in [0.1, 0.15) is 0 Å². The molecule has 3 aliphatic carbocycles. The number of nitrogens with zero attached hydrogens (tertiary/aromatic N) is 2. The first-order valence-corrected chi connectivity index (χ1v) is 21.4. The van der Waals surface area contributed by atoms with Crippen molar-refractivity contribution in [3.8, 4) is 22.3 Å². The molecule has 7 aromatic rings. The molecule has 0 saturated heterocycles. The van der Waals surface area contributed by atoms with E-state index in [4.69, 9.17) is 0 Å². The van der Waals surface area contributed by atoms with E-state index in [-0.39, 0.29) is 10.8 Å². The lowest BCUT2D eigenvalue weighted by Gasteiger charge is -2.37. The molecular formula is C56H48N2. The second-order valence-electron chi connectivity index (χ2n) is 18.3. The molecule has 0 N–H and O–H groups in total. The van der Waals surface area contributed by atoms with E-state index in [1.54, 1.807) is 0 Å². The van der Waals surface area contributed by atoms with E-state index >= 15 is 0 Å². The Balaban J connectivity index is 1.04. The Labute approximate surface area is 342 Å². The number of aryl methyl sites for hydroxylation is 3. The summed E-state index contributed by atoms with van der Waals surface area (Å²) in [5.41, 5.74) is 24.4. The fraction of sp³-hybridized carbons (Fsp3) is 0.214. The van der Waals surface area contributed by atoms with Crippen LogP contribution in [-0.4, -0.2) is 0 Å². The average molecular weight is 749 g/mol. The minimum Gasteiger partial charge on any atom is -0.314 e. The first-order chi connectivity index (χ1) is 28.3. The van der Waals surface area contributed by atoms with E-state index in [0.29, 0.717) is 0 Å². The molecule has 2 heteroatoms. The zero-order valence-electron chi connectivity index (χ0n) is 34.0. The Morgan fingerprint density at radius 1 is 0.448 bits per heavy atom. The van der Waals surface area contributed by atoms with Crippen molar-refractivity contribution in [2.45, 2.75) is 77.0 Å². The number of hydrogen-bond donors (Lipinski definition) is 0. The molecule has 0 bridgehead atoms. The third kappa shape index (κ3) is 4.66. The maximum atomic E-state index is 2.60. The van der Waals surface area contributed by atoms with Crippen LogP contribution in [0.5, 0.6) is 0 Å². The van der Waals surface area contributed by atoms with Gasteiger partial charge >= 0.3 is 0 Å². The van der Waals surface area contributed by atoms with Crippen molar-refractivity contribution in [2.24, 2.45) is 0 Å². The predicted octanol–water partition coefficient (Wildman–Crippen LogP) is 14.7. The van der Waals surface area contributed by atoms with E-state index in [2.05, 4.69) is 183 Å². The van der Waals surface area contributed by atoms with Gasteiger partial charge in [-0.05, 0) is 165 Å². The average Bonchev–Trinajstić information content (AvgIpc) is 3.37. The molecule has 0 amide bonds. The summed E-state index contributed by atoms with van der Waals surface area (Å²) < 4.78 is 0. The molecule has 0 spiro atoms. The molecule has 2 heterocycles. The second kappa shape index (κ2) is 12.2. The van der Waals surface area contributed by atoms with Crippen molar-refractivity contribution in [2.75, 3.05) is 9.80 Å². The molecule has 2 aliphatic heterocycles. The fourth-order valence-corrected chi connectivity index (χ4v) is 11.5. The Kier molecular flexibility index (Phi) is 7.14. The molecule has 0 radical (unpaired) electrons. The third-order valence-corrected chi connectivity index (χ3v) is 14.5. The van der Waals surface area contributed by atoms with Gasteiger partial charge < -0.3 is 9.80 Å². The van der Waals surface area contributed by atoms with Crippen molar-refractivity contribution < 1.29 is 0 Å². The summed E-state index contributed by atoms with van der Waals surface area (Å²) in [6.07, 6.45) is 11.2. The maximum Gasteiger partial charge on any atom is 0.0493 e. The number of benzene rings is 7. The van der Waals surface area contributed by atoms with Gasteiger partial charge in [-0.1, -0.05) is 125 Å². The van der Waals surface area contributed by atoms with Gasteiger partial charge in [-0.3, -0.25) is 0 Å². The number of rotatable bonds is 2. The van der Waals surface area contributed by atoms with Crippen LogP contribution >= 0.6 is 0 Å². The monoisotopic (exact) mass is 748 g/mol. The summed E-state index contributed by atoms with van der Waals surface area (Å²) in [7, 11) is 0. The molecule has 0 unspecified atom stereocenters. The van der Waals surface area contributed by atoms with Gasteiger partial charge in [0.2, 0.25) is 0 Å².